The van der Waals surface area contributed by atoms with Gasteiger partial charge in [0.1, 0.15) is 0 Å². The lowest BCUT2D eigenvalue weighted by molar-refractivity contribution is -0.157. The SMILES string of the molecule is CC(=O)NC(C(=O)OC(C(=O)Nc1ccc(C)cc1)c1ccccc1)c1ccccc1. The fraction of sp³-hybridized carbons (Fsp3) is 0.160. The third-order valence-electron chi connectivity index (χ3n) is 4.61. The number of esters is 1. The lowest BCUT2D eigenvalue weighted by Crippen LogP contribution is -2.36. The third kappa shape index (κ3) is 6.02. The van der Waals surface area contributed by atoms with E-state index >= 15 is 0 Å². The van der Waals surface area contributed by atoms with Crippen molar-refractivity contribution >= 4 is 23.5 Å². The minimum absolute atomic E-state index is 0.383. The Morgan fingerprint density at radius 2 is 1.32 bits per heavy atom. The van der Waals surface area contributed by atoms with Crippen molar-refractivity contribution in [2.75, 3.05) is 5.32 Å². The number of anilines is 1. The maximum absolute atomic E-state index is 13.0. The van der Waals surface area contributed by atoms with E-state index in [-0.39, 0.29) is 5.91 Å². The van der Waals surface area contributed by atoms with Crippen LogP contribution in [0.2, 0.25) is 0 Å². The van der Waals surface area contributed by atoms with E-state index in [1.54, 1.807) is 66.7 Å². The van der Waals surface area contributed by atoms with Crippen molar-refractivity contribution in [2.24, 2.45) is 0 Å². The molecule has 0 aromatic heterocycles. The molecule has 2 atom stereocenters. The highest BCUT2D eigenvalue weighted by atomic mass is 16.5. The first-order valence-corrected chi connectivity index (χ1v) is 9.89. The van der Waals surface area contributed by atoms with Crippen molar-refractivity contribution in [1.29, 1.82) is 0 Å². The van der Waals surface area contributed by atoms with E-state index in [4.69, 9.17) is 4.74 Å². The van der Waals surface area contributed by atoms with E-state index in [1.807, 2.05) is 25.1 Å². The minimum Gasteiger partial charge on any atom is -0.445 e. The van der Waals surface area contributed by atoms with Crippen LogP contribution in [0.15, 0.2) is 84.9 Å². The Morgan fingerprint density at radius 1 is 0.774 bits per heavy atom. The molecule has 0 saturated carbocycles. The number of aryl methyl sites for hydroxylation is 1. The molecule has 0 aliphatic rings. The van der Waals surface area contributed by atoms with Crippen LogP contribution in [-0.2, 0) is 19.1 Å². The molecule has 158 valence electrons. The molecule has 0 bridgehead atoms. The van der Waals surface area contributed by atoms with E-state index in [0.29, 0.717) is 16.8 Å². The van der Waals surface area contributed by atoms with E-state index in [0.717, 1.165) is 5.56 Å². The monoisotopic (exact) mass is 416 g/mol. The van der Waals surface area contributed by atoms with Gasteiger partial charge in [-0.3, -0.25) is 9.59 Å². The summed E-state index contributed by atoms with van der Waals surface area (Å²) in [4.78, 5) is 37.8. The number of hydrogen-bond acceptors (Lipinski definition) is 4. The first-order chi connectivity index (χ1) is 14.9. The number of hydrogen-bond donors (Lipinski definition) is 2. The Morgan fingerprint density at radius 3 is 1.87 bits per heavy atom. The zero-order valence-electron chi connectivity index (χ0n) is 17.4. The lowest BCUT2D eigenvalue weighted by atomic mass is 10.1. The fourth-order valence-electron chi connectivity index (χ4n) is 3.06. The number of carbonyl (C=O) groups is 3. The molecule has 3 aromatic rings. The number of rotatable bonds is 7. The van der Waals surface area contributed by atoms with E-state index in [2.05, 4.69) is 10.6 Å². The summed E-state index contributed by atoms with van der Waals surface area (Å²) < 4.78 is 5.65. The Kier molecular flexibility index (Phi) is 7.17. The standard InChI is InChI=1S/C25H24N2O4/c1-17-13-15-21(16-14-17)27-24(29)23(20-11-7-4-8-12-20)31-25(30)22(26-18(2)28)19-9-5-3-6-10-19/h3-16,22-23H,1-2H3,(H,26,28)(H,27,29). The molecule has 0 fully saturated rings. The van der Waals surface area contributed by atoms with Crippen LogP contribution in [0.1, 0.15) is 35.8 Å². The summed E-state index contributed by atoms with van der Waals surface area (Å²) >= 11 is 0. The van der Waals surface area contributed by atoms with Crippen molar-refractivity contribution in [1.82, 2.24) is 5.32 Å². The fourth-order valence-corrected chi connectivity index (χ4v) is 3.06. The van der Waals surface area contributed by atoms with Crippen LogP contribution in [0.4, 0.5) is 5.69 Å². The maximum atomic E-state index is 13.0. The Bertz CT molecular complexity index is 1030. The molecule has 3 aromatic carbocycles. The number of benzene rings is 3. The molecule has 6 nitrogen and oxygen atoms in total. The van der Waals surface area contributed by atoms with Crippen molar-refractivity contribution < 1.29 is 19.1 Å². The lowest BCUT2D eigenvalue weighted by Gasteiger charge is -2.22. The highest BCUT2D eigenvalue weighted by Crippen LogP contribution is 2.24. The highest BCUT2D eigenvalue weighted by molar-refractivity contribution is 5.96. The normalized spacial score (nSPS) is 12.3. The minimum atomic E-state index is -1.19. The average molecular weight is 416 g/mol. The summed E-state index contributed by atoms with van der Waals surface area (Å²) in [5.74, 6) is -1.60. The zero-order valence-corrected chi connectivity index (χ0v) is 17.4. The van der Waals surface area contributed by atoms with Gasteiger partial charge >= 0.3 is 5.97 Å². The molecule has 0 radical (unpaired) electrons. The second kappa shape index (κ2) is 10.2. The van der Waals surface area contributed by atoms with Crippen molar-refractivity contribution in [3.05, 3.63) is 102 Å². The van der Waals surface area contributed by atoms with Crippen LogP contribution in [0.25, 0.3) is 0 Å². The molecule has 0 aliphatic heterocycles. The topological polar surface area (TPSA) is 84.5 Å². The van der Waals surface area contributed by atoms with Gasteiger partial charge in [-0.25, -0.2) is 4.79 Å². The number of carbonyl (C=O) groups excluding carboxylic acids is 3. The molecule has 6 heteroatoms. The van der Waals surface area contributed by atoms with Gasteiger partial charge in [0.05, 0.1) is 0 Å². The maximum Gasteiger partial charge on any atom is 0.334 e. The van der Waals surface area contributed by atoms with Crippen molar-refractivity contribution in [2.45, 2.75) is 26.0 Å². The van der Waals surface area contributed by atoms with Crippen LogP contribution < -0.4 is 10.6 Å². The second-order valence-corrected chi connectivity index (χ2v) is 7.13. The van der Waals surface area contributed by atoms with Gasteiger partial charge in [0.15, 0.2) is 6.04 Å². The van der Waals surface area contributed by atoms with Gasteiger partial charge in [0.2, 0.25) is 12.0 Å². The first kappa shape index (κ1) is 21.8. The molecular weight excluding hydrogens is 392 g/mol. The Hall–Kier alpha value is -3.93. The Labute approximate surface area is 181 Å². The molecule has 2 N–H and O–H groups in total. The summed E-state index contributed by atoms with van der Waals surface area (Å²) in [5, 5.41) is 5.39. The summed E-state index contributed by atoms with van der Waals surface area (Å²) in [6.07, 6.45) is -1.19. The van der Waals surface area contributed by atoms with Crippen LogP contribution in [-0.4, -0.2) is 17.8 Å². The summed E-state index contributed by atoms with van der Waals surface area (Å²) in [6, 6.07) is 23.8. The first-order valence-electron chi connectivity index (χ1n) is 9.89. The van der Waals surface area contributed by atoms with Gasteiger partial charge in [-0.15, -0.1) is 0 Å². The quantitative estimate of drug-likeness (QED) is 0.568. The van der Waals surface area contributed by atoms with Crippen LogP contribution in [0.5, 0.6) is 0 Å². The van der Waals surface area contributed by atoms with Gasteiger partial charge < -0.3 is 15.4 Å². The largest absolute Gasteiger partial charge is 0.445 e. The van der Waals surface area contributed by atoms with Crippen molar-refractivity contribution in [3.63, 3.8) is 0 Å². The molecule has 0 spiro atoms. The second-order valence-electron chi connectivity index (χ2n) is 7.13. The molecule has 3 rings (SSSR count). The zero-order chi connectivity index (χ0) is 22.2. The van der Waals surface area contributed by atoms with Gasteiger partial charge in [0.25, 0.3) is 5.91 Å². The summed E-state index contributed by atoms with van der Waals surface area (Å²) in [5.41, 5.74) is 2.74. The predicted octanol–water partition coefficient (Wildman–Crippen LogP) is 4.10. The van der Waals surface area contributed by atoms with Crippen molar-refractivity contribution in [3.8, 4) is 0 Å². The molecule has 0 aliphatic carbocycles. The van der Waals surface area contributed by atoms with E-state index in [9.17, 15) is 14.4 Å². The van der Waals surface area contributed by atoms with E-state index < -0.39 is 24.0 Å². The number of ether oxygens (including phenoxy) is 1. The summed E-state index contributed by atoms with van der Waals surface area (Å²) in [7, 11) is 0. The predicted molar refractivity (Wildman–Crippen MR) is 118 cm³/mol. The summed E-state index contributed by atoms with van der Waals surface area (Å²) in [6.45, 7) is 3.27. The van der Waals surface area contributed by atoms with Crippen LogP contribution in [0.3, 0.4) is 0 Å². The Balaban J connectivity index is 1.86. The molecule has 2 unspecified atom stereocenters. The molecular formula is C25H24N2O4. The van der Waals surface area contributed by atoms with Gasteiger partial charge in [-0.05, 0) is 24.6 Å². The van der Waals surface area contributed by atoms with Crippen LogP contribution >= 0.6 is 0 Å². The molecule has 0 saturated heterocycles. The van der Waals surface area contributed by atoms with Gasteiger partial charge in [-0.2, -0.15) is 0 Å². The van der Waals surface area contributed by atoms with E-state index in [1.165, 1.54) is 6.92 Å². The van der Waals surface area contributed by atoms with Gasteiger partial charge in [-0.1, -0.05) is 78.4 Å². The number of amides is 2. The molecule has 2 amide bonds. The van der Waals surface area contributed by atoms with Gasteiger partial charge in [0, 0.05) is 18.2 Å². The molecule has 31 heavy (non-hydrogen) atoms. The highest BCUT2D eigenvalue weighted by Gasteiger charge is 2.30. The number of nitrogens with one attached hydrogen (secondary N) is 2. The average Bonchev–Trinajstić information content (AvgIpc) is 2.78. The van der Waals surface area contributed by atoms with Crippen LogP contribution in [0, 0.1) is 6.92 Å². The third-order valence-corrected chi connectivity index (χ3v) is 4.61. The molecule has 0 heterocycles. The smallest absolute Gasteiger partial charge is 0.334 e.